The predicted octanol–water partition coefficient (Wildman–Crippen LogP) is 1.75. The second kappa shape index (κ2) is 5.45. The van der Waals surface area contributed by atoms with Gasteiger partial charge in [0.2, 0.25) is 0 Å². The van der Waals surface area contributed by atoms with Gasteiger partial charge in [-0.15, -0.1) is 18.3 Å². The Hall–Kier alpha value is -0.630. The third-order valence-corrected chi connectivity index (χ3v) is 1.92. The highest BCUT2D eigenvalue weighted by Crippen LogP contribution is 2.15. The second-order valence-electron chi connectivity index (χ2n) is 2.71. The molecule has 1 aromatic heterocycles. The summed E-state index contributed by atoms with van der Waals surface area (Å²) in [4.78, 5) is 0. The molecule has 0 amide bonds. The Morgan fingerprint density at radius 2 is 2.20 bits per heavy atom. The van der Waals surface area contributed by atoms with Crippen LogP contribution in [0.1, 0.15) is 5.69 Å². The van der Waals surface area contributed by atoms with Gasteiger partial charge in [0.05, 0.1) is 18.8 Å². The molecular formula is C7H9BrF3N3O. The van der Waals surface area contributed by atoms with Gasteiger partial charge in [-0.05, 0) is 0 Å². The van der Waals surface area contributed by atoms with Crippen LogP contribution in [0, 0.1) is 0 Å². The normalized spacial score (nSPS) is 12.0. The van der Waals surface area contributed by atoms with E-state index in [1.807, 2.05) is 0 Å². The number of nitrogens with zero attached hydrogens (tertiary/aromatic N) is 3. The summed E-state index contributed by atoms with van der Waals surface area (Å²) in [5, 5.41) is 8.16. The van der Waals surface area contributed by atoms with E-state index >= 15 is 0 Å². The number of aromatic nitrogens is 3. The highest BCUT2D eigenvalue weighted by molar-refractivity contribution is 9.09. The molecule has 0 unspecified atom stereocenters. The fourth-order valence-electron chi connectivity index (χ4n) is 0.914. The second-order valence-corrected chi connectivity index (χ2v) is 3.50. The van der Waals surface area contributed by atoms with Crippen LogP contribution in [0.3, 0.4) is 0 Å². The molecule has 0 spiro atoms. The fraction of sp³-hybridized carbons (Fsp3) is 0.714. The fourth-order valence-corrected chi connectivity index (χ4v) is 1.32. The van der Waals surface area contributed by atoms with Gasteiger partial charge < -0.3 is 0 Å². The molecule has 0 saturated carbocycles. The number of hydrogen-bond acceptors (Lipinski definition) is 3. The molecule has 0 fully saturated rings. The first-order valence-corrected chi connectivity index (χ1v) is 5.29. The van der Waals surface area contributed by atoms with Crippen molar-refractivity contribution in [1.29, 1.82) is 0 Å². The zero-order chi connectivity index (χ0) is 11.3. The van der Waals surface area contributed by atoms with Crippen LogP contribution in [0.5, 0.6) is 0 Å². The Morgan fingerprint density at radius 3 is 2.80 bits per heavy atom. The summed E-state index contributed by atoms with van der Waals surface area (Å²) in [5.74, 6) is 0. The smallest absolute Gasteiger partial charge is 0.290 e. The number of alkyl halides is 4. The average molecular weight is 288 g/mol. The maximum atomic E-state index is 11.6. The number of rotatable bonds is 5. The van der Waals surface area contributed by atoms with Crippen molar-refractivity contribution < 1.29 is 17.9 Å². The summed E-state index contributed by atoms with van der Waals surface area (Å²) in [6, 6.07) is 0. The summed E-state index contributed by atoms with van der Waals surface area (Å²) in [6.45, 7) is -0.421. The van der Waals surface area contributed by atoms with E-state index in [0.29, 0.717) is 6.42 Å². The Morgan fingerprint density at radius 1 is 1.47 bits per heavy atom. The molecule has 1 rings (SSSR count). The van der Waals surface area contributed by atoms with Gasteiger partial charge in [0.15, 0.2) is 0 Å². The van der Waals surface area contributed by atoms with Crippen LogP contribution in [-0.2, 0) is 17.7 Å². The van der Waals surface area contributed by atoms with Crippen molar-refractivity contribution in [2.45, 2.75) is 19.3 Å². The molecule has 1 aromatic rings. The minimum absolute atomic E-state index is 0.0365. The maximum Gasteiger partial charge on any atom is 0.522 e. The third kappa shape index (κ3) is 5.12. The number of aryl methyl sites for hydroxylation is 1. The van der Waals surface area contributed by atoms with Crippen LogP contribution in [0.2, 0.25) is 0 Å². The van der Waals surface area contributed by atoms with Crippen LogP contribution in [0.25, 0.3) is 0 Å². The lowest BCUT2D eigenvalue weighted by Gasteiger charge is -2.06. The zero-order valence-corrected chi connectivity index (χ0v) is 9.25. The summed E-state index contributed by atoms with van der Waals surface area (Å²) in [6.07, 6.45) is -2.29. The van der Waals surface area contributed by atoms with Crippen molar-refractivity contribution in [1.82, 2.24) is 15.0 Å². The summed E-state index contributed by atoms with van der Waals surface area (Å²) >= 11 is 3.22. The monoisotopic (exact) mass is 287 g/mol. The molecule has 0 N–H and O–H groups in total. The lowest BCUT2D eigenvalue weighted by Crippen LogP contribution is -2.17. The van der Waals surface area contributed by atoms with E-state index in [4.69, 9.17) is 0 Å². The number of hydrogen-bond donors (Lipinski definition) is 0. The van der Waals surface area contributed by atoms with E-state index in [1.54, 1.807) is 6.20 Å². The van der Waals surface area contributed by atoms with Crippen molar-refractivity contribution >= 4 is 15.9 Å². The van der Waals surface area contributed by atoms with Crippen LogP contribution < -0.4 is 0 Å². The van der Waals surface area contributed by atoms with Crippen LogP contribution in [0.15, 0.2) is 6.20 Å². The molecule has 0 aliphatic heterocycles. The first-order chi connectivity index (χ1) is 7.01. The first kappa shape index (κ1) is 12.4. The quantitative estimate of drug-likeness (QED) is 0.775. The van der Waals surface area contributed by atoms with E-state index in [0.717, 1.165) is 11.0 Å². The molecule has 0 aromatic carbocycles. The molecule has 0 radical (unpaired) electrons. The van der Waals surface area contributed by atoms with Gasteiger partial charge in [-0.1, -0.05) is 21.1 Å². The highest BCUT2D eigenvalue weighted by atomic mass is 79.9. The molecule has 8 heteroatoms. The van der Waals surface area contributed by atoms with E-state index in [-0.39, 0.29) is 6.54 Å². The summed E-state index contributed by atoms with van der Waals surface area (Å²) in [5.41, 5.74) is 0.735. The Labute approximate surface area is 92.5 Å². The molecule has 0 aliphatic carbocycles. The molecule has 4 nitrogen and oxygen atoms in total. The topological polar surface area (TPSA) is 39.9 Å². The molecule has 0 atom stereocenters. The lowest BCUT2D eigenvalue weighted by atomic mass is 10.4. The molecule has 0 saturated heterocycles. The summed E-state index contributed by atoms with van der Waals surface area (Å²) in [7, 11) is 0. The van der Waals surface area contributed by atoms with Crippen molar-refractivity contribution in [2.24, 2.45) is 0 Å². The Bertz CT molecular complexity index is 302. The standard InChI is InChI=1S/C7H9BrF3N3O/c8-2-1-6-5-14(13-12-6)3-4-15-7(9,10)11/h5H,1-4H2. The van der Waals surface area contributed by atoms with Crippen molar-refractivity contribution in [2.75, 3.05) is 11.9 Å². The van der Waals surface area contributed by atoms with Crippen molar-refractivity contribution in [3.63, 3.8) is 0 Å². The predicted molar refractivity (Wildman–Crippen MR) is 49.5 cm³/mol. The SMILES string of the molecule is FC(F)(F)OCCn1cc(CCBr)nn1. The van der Waals surface area contributed by atoms with Gasteiger partial charge in [0.25, 0.3) is 0 Å². The van der Waals surface area contributed by atoms with Gasteiger partial charge in [-0.3, -0.25) is 4.74 Å². The molecule has 0 aliphatic rings. The van der Waals surface area contributed by atoms with Crippen LogP contribution >= 0.6 is 15.9 Å². The van der Waals surface area contributed by atoms with Gasteiger partial charge in [-0.25, -0.2) is 4.68 Å². The highest BCUT2D eigenvalue weighted by Gasteiger charge is 2.28. The zero-order valence-electron chi connectivity index (χ0n) is 7.67. The summed E-state index contributed by atoms with van der Waals surface area (Å²) < 4.78 is 39.8. The number of ether oxygens (including phenoxy) is 1. The van der Waals surface area contributed by atoms with Gasteiger partial charge in [-0.2, -0.15) is 0 Å². The minimum atomic E-state index is -4.58. The number of halogens is 4. The maximum absolute atomic E-state index is 11.6. The Balaban J connectivity index is 2.31. The third-order valence-electron chi connectivity index (χ3n) is 1.52. The molecule has 1 heterocycles. The van der Waals surface area contributed by atoms with Crippen molar-refractivity contribution in [3.05, 3.63) is 11.9 Å². The van der Waals surface area contributed by atoms with E-state index in [2.05, 4.69) is 31.0 Å². The van der Waals surface area contributed by atoms with Gasteiger partial charge in [0, 0.05) is 17.9 Å². The minimum Gasteiger partial charge on any atom is -0.290 e. The molecule has 15 heavy (non-hydrogen) atoms. The molecular weight excluding hydrogens is 279 g/mol. The molecule has 0 bridgehead atoms. The van der Waals surface area contributed by atoms with E-state index < -0.39 is 13.0 Å². The van der Waals surface area contributed by atoms with Crippen molar-refractivity contribution in [3.8, 4) is 0 Å². The first-order valence-electron chi connectivity index (χ1n) is 4.17. The van der Waals surface area contributed by atoms with Crippen LogP contribution in [0.4, 0.5) is 13.2 Å². The van der Waals surface area contributed by atoms with E-state index in [9.17, 15) is 13.2 Å². The molecule has 86 valence electrons. The largest absolute Gasteiger partial charge is 0.522 e. The van der Waals surface area contributed by atoms with Gasteiger partial charge in [0.1, 0.15) is 0 Å². The average Bonchev–Trinajstić information content (AvgIpc) is 2.51. The van der Waals surface area contributed by atoms with Gasteiger partial charge >= 0.3 is 6.36 Å². The lowest BCUT2D eigenvalue weighted by molar-refractivity contribution is -0.325. The Kier molecular flexibility index (Phi) is 4.52. The van der Waals surface area contributed by atoms with E-state index in [1.165, 1.54) is 4.68 Å². The van der Waals surface area contributed by atoms with Crippen LogP contribution in [-0.4, -0.2) is 33.3 Å².